The smallest absolute Gasteiger partial charge is 0.0737 e. The van der Waals surface area contributed by atoms with Gasteiger partial charge in [-0.1, -0.05) is 53.3 Å². The van der Waals surface area contributed by atoms with Crippen molar-refractivity contribution in [3.05, 3.63) is 41.7 Å². The Balaban J connectivity index is 2.16. The number of pyridine rings is 1. The Morgan fingerprint density at radius 2 is 1.95 bits per heavy atom. The Kier molecular flexibility index (Phi) is 2.77. The summed E-state index contributed by atoms with van der Waals surface area (Å²) in [4.78, 5) is 4.97. The molecule has 1 aromatic rings. The van der Waals surface area contributed by atoms with E-state index in [-0.39, 0.29) is 5.41 Å². The average Bonchev–Trinajstić information content (AvgIpc) is 2.36. The standard InChI is InChI=1S/C19H25N/c1-12-14-7-8-16(18(2,3)4)20-17(14)13-9-10-19(5,6)15(12)11-13/h7-9,15H,1,10-11H2,2-6H3. The van der Waals surface area contributed by atoms with Crippen molar-refractivity contribution in [2.24, 2.45) is 11.3 Å². The van der Waals surface area contributed by atoms with Crippen LogP contribution < -0.4 is 0 Å². The SMILES string of the molecule is C=C1c2ccc(C(C)(C)C)nc2C2=CCC(C)(C)C1C2. The lowest BCUT2D eigenvalue weighted by Gasteiger charge is -2.43. The van der Waals surface area contributed by atoms with Gasteiger partial charge in [0, 0.05) is 16.7 Å². The monoisotopic (exact) mass is 267 g/mol. The Morgan fingerprint density at radius 1 is 1.25 bits per heavy atom. The number of nitrogens with zero attached hydrogens (tertiary/aromatic N) is 1. The molecule has 2 aliphatic carbocycles. The fraction of sp³-hybridized carbons (Fsp3) is 0.526. The minimum Gasteiger partial charge on any atom is -0.252 e. The Labute approximate surface area is 122 Å². The van der Waals surface area contributed by atoms with Gasteiger partial charge < -0.3 is 0 Å². The second-order valence-corrected chi connectivity index (χ2v) is 8.05. The molecule has 106 valence electrons. The van der Waals surface area contributed by atoms with E-state index >= 15 is 0 Å². The van der Waals surface area contributed by atoms with Crippen molar-refractivity contribution in [3.63, 3.8) is 0 Å². The van der Waals surface area contributed by atoms with E-state index in [1.165, 1.54) is 28.1 Å². The molecular weight excluding hydrogens is 242 g/mol. The van der Waals surface area contributed by atoms with Gasteiger partial charge in [0.05, 0.1) is 5.69 Å². The molecule has 2 aliphatic rings. The molecular formula is C19H25N. The summed E-state index contributed by atoms with van der Waals surface area (Å²) in [6.07, 6.45) is 4.65. The molecule has 3 rings (SSSR count). The molecule has 0 radical (unpaired) electrons. The second kappa shape index (κ2) is 4.07. The van der Waals surface area contributed by atoms with Crippen LogP contribution in [0, 0.1) is 11.3 Å². The van der Waals surface area contributed by atoms with Crippen LogP contribution in [0.15, 0.2) is 24.8 Å². The molecule has 0 saturated heterocycles. The van der Waals surface area contributed by atoms with E-state index in [1.54, 1.807) is 0 Å². The van der Waals surface area contributed by atoms with Gasteiger partial charge in [0.1, 0.15) is 0 Å². The molecule has 0 N–H and O–H groups in total. The number of rotatable bonds is 0. The Morgan fingerprint density at radius 3 is 2.60 bits per heavy atom. The van der Waals surface area contributed by atoms with Gasteiger partial charge in [-0.3, -0.25) is 4.98 Å². The van der Waals surface area contributed by atoms with Gasteiger partial charge in [-0.05, 0) is 41.4 Å². The third-order valence-electron chi connectivity index (χ3n) is 4.98. The Bertz CT molecular complexity index is 611. The summed E-state index contributed by atoms with van der Waals surface area (Å²) in [5.74, 6) is 0.567. The van der Waals surface area contributed by atoms with Crippen LogP contribution in [-0.4, -0.2) is 4.98 Å². The van der Waals surface area contributed by atoms with Crippen LogP contribution >= 0.6 is 0 Å². The predicted molar refractivity (Wildman–Crippen MR) is 86.5 cm³/mol. The first-order chi connectivity index (χ1) is 9.20. The quantitative estimate of drug-likeness (QED) is 0.627. The van der Waals surface area contributed by atoms with Crippen LogP contribution in [-0.2, 0) is 5.41 Å². The molecule has 1 heterocycles. The van der Waals surface area contributed by atoms with Crippen LogP contribution in [0.1, 0.15) is 64.4 Å². The maximum atomic E-state index is 4.97. The third kappa shape index (κ3) is 1.95. The Hall–Kier alpha value is -1.37. The summed E-state index contributed by atoms with van der Waals surface area (Å²) < 4.78 is 0. The molecule has 0 aliphatic heterocycles. The molecule has 1 unspecified atom stereocenters. The van der Waals surface area contributed by atoms with Gasteiger partial charge in [0.2, 0.25) is 0 Å². The minimum atomic E-state index is 0.0989. The van der Waals surface area contributed by atoms with Crippen LogP contribution in [0.25, 0.3) is 11.1 Å². The summed E-state index contributed by atoms with van der Waals surface area (Å²) in [5, 5.41) is 0. The van der Waals surface area contributed by atoms with E-state index in [0.29, 0.717) is 11.3 Å². The van der Waals surface area contributed by atoms with Crippen LogP contribution in [0.2, 0.25) is 0 Å². The first kappa shape index (κ1) is 13.6. The summed E-state index contributed by atoms with van der Waals surface area (Å²) in [6.45, 7) is 15.8. The van der Waals surface area contributed by atoms with Crippen molar-refractivity contribution in [1.29, 1.82) is 0 Å². The summed E-state index contributed by atoms with van der Waals surface area (Å²) in [5.41, 5.74) is 6.77. The lowest BCUT2D eigenvalue weighted by molar-refractivity contribution is 0.263. The molecule has 2 bridgehead atoms. The lowest BCUT2D eigenvalue weighted by Crippen LogP contribution is -2.31. The van der Waals surface area contributed by atoms with Gasteiger partial charge in [0.25, 0.3) is 0 Å². The van der Waals surface area contributed by atoms with Crippen molar-refractivity contribution in [3.8, 4) is 0 Å². The molecule has 1 nitrogen and oxygen atoms in total. The molecule has 20 heavy (non-hydrogen) atoms. The van der Waals surface area contributed by atoms with Gasteiger partial charge in [-0.2, -0.15) is 0 Å². The fourth-order valence-electron chi connectivity index (χ4n) is 3.46. The maximum absolute atomic E-state index is 4.97. The lowest BCUT2D eigenvalue weighted by atomic mass is 9.62. The number of hydrogen-bond acceptors (Lipinski definition) is 1. The number of fused-ring (bicyclic) bond motifs is 4. The zero-order valence-corrected chi connectivity index (χ0v) is 13.4. The van der Waals surface area contributed by atoms with Crippen LogP contribution in [0.5, 0.6) is 0 Å². The second-order valence-electron chi connectivity index (χ2n) is 8.05. The van der Waals surface area contributed by atoms with Crippen molar-refractivity contribution >= 4 is 11.1 Å². The average molecular weight is 267 g/mol. The van der Waals surface area contributed by atoms with Crippen LogP contribution in [0.3, 0.4) is 0 Å². The van der Waals surface area contributed by atoms with E-state index < -0.39 is 0 Å². The number of allylic oxidation sites excluding steroid dienone is 3. The van der Waals surface area contributed by atoms with E-state index in [2.05, 4.69) is 59.4 Å². The normalized spacial score (nSPS) is 24.1. The van der Waals surface area contributed by atoms with Gasteiger partial charge in [0.15, 0.2) is 0 Å². The highest BCUT2D eigenvalue weighted by molar-refractivity contribution is 5.84. The first-order valence-electron chi connectivity index (χ1n) is 7.60. The first-order valence-corrected chi connectivity index (χ1v) is 7.60. The summed E-state index contributed by atoms with van der Waals surface area (Å²) in [6, 6.07) is 4.42. The van der Waals surface area contributed by atoms with Crippen LogP contribution in [0.4, 0.5) is 0 Å². The van der Waals surface area contributed by atoms with Crippen molar-refractivity contribution < 1.29 is 0 Å². The molecule has 1 aromatic heterocycles. The zero-order valence-electron chi connectivity index (χ0n) is 13.4. The van der Waals surface area contributed by atoms with Crippen molar-refractivity contribution in [2.75, 3.05) is 0 Å². The summed E-state index contributed by atoms with van der Waals surface area (Å²) in [7, 11) is 0. The highest BCUT2D eigenvalue weighted by atomic mass is 14.8. The number of aromatic nitrogens is 1. The number of hydrogen-bond donors (Lipinski definition) is 0. The molecule has 0 spiro atoms. The van der Waals surface area contributed by atoms with E-state index in [1.807, 2.05) is 0 Å². The third-order valence-corrected chi connectivity index (χ3v) is 4.98. The highest BCUT2D eigenvalue weighted by Crippen LogP contribution is 2.53. The molecule has 1 atom stereocenters. The molecule has 0 saturated carbocycles. The van der Waals surface area contributed by atoms with E-state index in [0.717, 1.165) is 12.8 Å². The molecule has 1 heteroatoms. The van der Waals surface area contributed by atoms with Gasteiger partial charge in [-0.25, -0.2) is 0 Å². The van der Waals surface area contributed by atoms with Crippen molar-refractivity contribution in [1.82, 2.24) is 4.98 Å². The molecule has 0 amide bonds. The molecule has 0 aromatic carbocycles. The van der Waals surface area contributed by atoms with Gasteiger partial charge in [-0.15, -0.1) is 0 Å². The van der Waals surface area contributed by atoms with Crippen molar-refractivity contribution in [2.45, 2.75) is 52.9 Å². The van der Waals surface area contributed by atoms with E-state index in [4.69, 9.17) is 4.98 Å². The largest absolute Gasteiger partial charge is 0.252 e. The van der Waals surface area contributed by atoms with E-state index in [9.17, 15) is 0 Å². The topological polar surface area (TPSA) is 12.9 Å². The predicted octanol–water partition coefficient (Wildman–Crippen LogP) is 5.23. The minimum absolute atomic E-state index is 0.0989. The zero-order chi connectivity index (χ0) is 14.7. The molecule has 0 fully saturated rings. The highest BCUT2D eigenvalue weighted by Gasteiger charge is 2.40. The fourth-order valence-corrected chi connectivity index (χ4v) is 3.46. The summed E-state index contributed by atoms with van der Waals surface area (Å²) >= 11 is 0. The maximum Gasteiger partial charge on any atom is 0.0737 e. The van der Waals surface area contributed by atoms with Gasteiger partial charge >= 0.3 is 0 Å².